The Morgan fingerprint density at radius 3 is 2.57 bits per heavy atom. The number of hydrogen-bond donors (Lipinski definition) is 2. The van der Waals surface area contributed by atoms with Gasteiger partial charge in [-0.1, -0.05) is 24.3 Å². The van der Waals surface area contributed by atoms with Crippen LogP contribution in [0.3, 0.4) is 0 Å². The summed E-state index contributed by atoms with van der Waals surface area (Å²) < 4.78 is 12.8. The maximum Gasteiger partial charge on any atom is 0.191 e. The molecule has 5 heteroatoms. The first-order valence-corrected chi connectivity index (χ1v) is 6.89. The molecule has 0 fully saturated rings. The molecule has 0 saturated heterocycles. The van der Waals surface area contributed by atoms with Crippen LogP contribution in [0.2, 0.25) is 0 Å². The standard InChI is InChI=1S/C16H16FN3S/c1-11-4-3-5-15(12(11)2)19-16(21)20-18-10-13-6-8-14(17)9-7-13/h3-10H,1-2H3,(H2,19,20,21)/b18-10-. The second-order valence-electron chi connectivity index (χ2n) is 4.62. The zero-order chi connectivity index (χ0) is 15.2. The smallest absolute Gasteiger partial charge is 0.191 e. The summed E-state index contributed by atoms with van der Waals surface area (Å²) in [6.45, 7) is 4.08. The summed E-state index contributed by atoms with van der Waals surface area (Å²) in [7, 11) is 0. The molecule has 0 amide bonds. The van der Waals surface area contributed by atoms with Crippen molar-refractivity contribution in [1.29, 1.82) is 0 Å². The van der Waals surface area contributed by atoms with Gasteiger partial charge in [0.15, 0.2) is 5.11 Å². The van der Waals surface area contributed by atoms with Gasteiger partial charge in [0.1, 0.15) is 5.82 Å². The van der Waals surface area contributed by atoms with E-state index in [9.17, 15) is 4.39 Å². The summed E-state index contributed by atoms with van der Waals surface area (Å²) in [6.07, 6.45) is 1.58. The molecule has 0 bridgehead atoms. The van der Waals surface area contributed by atoms with Gasteiger partial charge in [0.2, 0.25) is 0 Å². The van der Waals surface area contributed by atoms with E-state index in [2.05, 4.69) is 15.8 Å². The van der Waals surface area contributed by atoms with Crippen LogP contribution < -0.4 is 10.7 Å². The molecule has 2 aromatic rings. The van der Waals surface area contributed by atoms with Crippen molar-refractivity contribution in [1.82, 2.24) is 5.43 Å². The molecule has 0 unspecified atom stereocenters. The molecule has 2 aromatic carbocycles. The van der Waals surface area contributed by atoms with E-state index in [1.54, 1.807) is 18.3 Å². The highest BCUT2D eigenvalue weighted by Crippen LogP contribution is 2.17. The number of anilines is 1. The number of benzene rings is 2. The Labute approximate surface area is 128 Å². The average molecular weight is 301 g/mol. The molecule has 2 N–H and O–H groups in total. The Balaban J connectivity index is 1.93. The summed E-state index contributed by atoms with van der Waals surface area (Å²) in [4.78, 5) is 0. The monoisotopic (exact) mass is 301 g/mol. The molecular weight excluding hydrogens is 285 g/mol. The fourth-order valence-electron chi connectivity index (χ4n) is 1.75. The number of halogens is 1. The van der Waals surface area contributed by atoms with E-state index < -0.39 is 0 Å². The second-order valence-corrected chi connectivity index (χ2v) is 5.03. The van der Waals surface area contributed by atoms with Crippen LogP contribution in [0.5, 0.6) is 0 Å². The van der Waals surface area contributed by atoms with E-state index in [-0.39, 0.29) is 5.82 Å². The van der Waals surface area contributed by atoms with Gasteiger partial charge < -0.3 is 5.32 Å². The van der Waals surface area contributed by atoms with Crippen LogP contribution in [0.1, 0.15) is 16.7 Å². The molecule has 0 aliphatic heterocycles. The van der Waals surface area contributed by atoms with Gasteiger partial charge >= 0.3 is 0 Å². The minimum atomic E-state index is -0.271. The first-order chi connectivity index (χ1) is 10.1. The summed E-state index contributed by atoms with van der Waals surface area (Å²) in [5.41, 5.74) is 6.81. The topological polar surface area (TPSA) is 36.4 Å². The van der Waals surface area contributed by atoms with E-state index in [1.165, 1.54) is 17.7 Å². The number of hydrazone groups is 1. The molecule has 0 spiro atoms. The Bertz CT molecular complexity index is 666. The Kier molecular flexibility index (Phi) is 5.00. The highest BCUT2D eigenvalue weighted by atomic mass is 32.1. The molecule has 0 heterocycles. The second kappa shape index (κ2) is 6.95. The maximum atomic E-state index is 12.8. The van der Waals surface area contributed by atoms with Crippen molar-refractivity contribution in [3.8, 4) is 0 Å². The largest absolute Gasteiger partial charge is 0.331 e. The normalized spacial score (nSPS) is 10.6. The highest BCUT2D eigenvalue weighted by molar-refractivity contribution is 7.80. The van der Waals surface area contributed by atoms with Crippen molar-refractivity contribution in [3.05, 3.63) is 65.0 Å². The molecule has 108 valence electrons. The number of aryl methyl sites for hydroxylation is 1. The van der Waals surface area contributed by atoms with Gasteiger partial charge in [-0.25, -0.2) is 4.39 Å². The van der Waals surface area contributed by atoms with Crippen molar-refractivity contribution < 1.29 is 4.39 Å². The van der Waals surface area contributed by atoms with Crippen LogP contribution in [0.4, 0.5) is 10.1 Å². The first kappa shape index (κ1) is 15.1. The number of rotatable bonds is 3. The third-order valence-electron chi connectivity index (χ3n) is 3.10. The van der Waals surface area contributed by atoms with Crippen LogP contribution in [-0.2, 0) is 0 Å². The minimum absolute atomic E-state index is 0.271. The Hall–Kier alpha value is -2.27. The van der Waals surface area contributed by atoms with Crippen molar-refractivity contribution in [2.45, 2.75) is 13.8 Å². The molecule has 0 aliphatic carbocycles. The zero-order valence-corrected chi connectivity index (χ0v) is 12.7. The molecular formula is C16H16FN3S. The molecule has 0 aromatic heterocycles. The lowest BCUT2D eigenvalue weighted by atomic mass is 10.1. The molecule has 0 radical (unpaired) electrons. The molecule has 0 atom stereocenters. The van der Waals surface area contributed by atoms with E-state index in [4.69, 9.17) is 12.2 Å². The number of thiocarbonyl (C=S) groups is 1. The quantitative estimate of drug-likeness (QED) is 0.515. The van der Waals surface area contributed by atoms with Crippen molar-refractivity contribution in [2.75, 3.05) is 5.32 Å². The van der Waals surface area contributed by atoms with Crippen LogP contribution in [-0.4, -0.2) is 11.3 Å². The molecule has 0 aliphatic rings. The van der Waals surface area contributed by atoms with Crippen molar-refractivity contribution in [3.63, 3.8) is 0 Å². The van der Waals surface area contributed by atoms with E-state index in [1.807, 2.05) is 32.0 Å². The number of hydrogen-bond acceptors (Lipinski definition) is 2. The van der Waals surface area contributed by atoms with E-state index in [0.717, 1.165) is 16.8 Å². The molecule has 2 rings (SSSR count). The van der Waals surface area contributed by atoms with E-state index in [0.29, 0.717) is 5.11 Å². The summed E-state index contributed by atoms with van der Waals surface area (Å²) in [6, 6.07) is 12.0. The van der Waals surface area contributed by atoms with Crippen LogP contribution in [0.15, 0.2) is 47.6 Å². The number of nitrogens with zero attached hydrogens (tertiary/aromatic N) is 1. The van der Waals surface area contributed by atoms with E-state index >= 15 is 0 Å². The van der Waals surface area contributed by atoms with Gasteiger partial charge in [0.25, 0.3) is 0 Å². The lowest BCUT2D eigenvalue weighted by molar-refractivity contribution is 0.628. The first-order valence-electron chi connectivity index (χ1n) is 6.48. The zero-order valence-electron chi connectivity index (χ0n) is 11.9. The fourth-order valence-corrected chi connectivity index (χ4v) is 1.91. The van der Waals surface area contributed by atoms with Crippen molar-refractivity contribution in [2.24, 2.45) is 5.10 Å². The Morgan fingerprint density at radius 2 is 1.86 bits per heavy atom. The van der Waals surface area contributed by atoms with Crippen LogP contribution in [0, 0.1) is 19.7 Å². The molecule has 3 nitrogen and oxygen atoms in total. The van der Waals surface area contributed by atoms with Crippen LogP contribution >= 0.6 is 12.2 Å². The van der Waals surface area contributed by atoms with Gasteiger partial charge in [-0.05, 0) is 61.0 Å². The third kappa shape index (κ3) is 4.36. The van der Waals surface area contributed by atoms with Gasteiger partial charge in [0, 0.05) is 5.69 Å². The van der Waals surface area contributed by atoms with Gasteiger partial charge in [-0.3, -0.25) is 5.43 Å². The third-order valence-corrected chi connectivity index (χ3v) is 3.30. The lowest BCUT2D eigenvalue weighted by Gasteiger charge is -2.11. The van der Waals surface area contributed by atoms with Gasteiger partial charge in [0.05, 0.1) is 6.21 Å². The molecule has 21 heavy (non-hydrogen) atoms. The van der Waals surface area contributed by atoms with Crippen molar-refractivity contribution >= 4 is 29.2 Å². The maximum absolute atomic E-state index is 12.8. The minimum Gasteiger partial charge on any atom is -0.331 e. The van der Waals surface area contributed by atoms with Gasteiger partial charge in [-0.15, -0.1) is 0 Å². The lowest BCUT2D eigenvalue weighted by Crippen LogP contribution is -2.24. The molecule has 0 saturated carbocycles. The average Bonchev–Trinajstić information content (AvgIpc) is 2.46. The predicted molar refractivity (Wildman–Crippen MR) is 89.3 cm³/mol. The SMILES string of the molecule is Cc1cccc(NC(=S)N/N=C\c2ccc(F)cc2)c1C. The predicted octanol–water partition coefficient (Wildman–Crippen LogP) is 3.76. The summed E-state index contributed by atoms with van der Waals surface area (Å²) >= 11 is 5.18. The highest BCUT2D eigenvalue weighted by Gasteiger charge is 2.01. The Morgan fingerprint density at radius 1 is 1.14 bits per heavy atom. The van der Waals surface area contributed by atoms with Gasteiger partial charge in [-0.2, -0.15) is 5.10 Å². The summed E-state index contributed by atoms with van der Waals surface area (Å²) in [5.74, 6) is -0.271. The summed E-state index contributed by atoms with van der Waals surface area (Å²) in [5, 5.41) is 7.52. The fraction of sp³-hybridized carbons (Fsp3) is 0.125. The number of nitrogens with one attached hydrogen (secondary N) is 2. The van der Waals surface area contributed by atoms with Crippen LogP contribution in [0.25, 0.3) is 0 Å².